The van der Waals surface area contributed by atoms with Gasteiger partial charge in [0.1, 0.15) is 0 Å². The molecule has 0 heterocycles. The van der Waals surface area contributed by atoms with Gasteiger partial charge in [0, 0.05) is 21.2 Å². The smallest absolute Gasteiger partial charge is 0.262 e. The third-order valence-electron chi connectivity index (χ3n) is 4.29. The summed E-state index contributed by atoms with van der Waals surface area (Å²) in [6.45, 7) is 3.24. The summed E-state index contributed by atoms with van der Waals surface area (Å²) in [4.78, 5) is 1.15. The number of benzene rings is 3. The summed E-state index contributed by atoms with van der Waals surface area (Å²) < 4.78 is 56.7. The number of rotatable bonds is 6. The highest BCUT2D eigenvalue weighted by Crippen LogP contribution is 2.27. The van der Waals surface area contributed by atoms with E-state index in [1.165, 1.54) is 12.1 Å². The first-order valence-corrected chi connectivity index (χ1v) is 12.6. The van der Waals surface area contributed by atoms with Crippen LogP contribution in [0.25, 0.3) is 0 Å². The van der Waals surface area contributed by atoms with Crippen LogP contribution in [0.1, 0.15) is 11.1 Å². The summed E-state index contributed by atoms with van der Waals surface area (Å²) in [6.07, 6.45) is 0. The molecule has 0 aromatic heterocycles. The van der Waals surface area contributed by atoms with Crippen molar-refractivity contribution in [1.29, 1.82) is 0 Å². The van der Waals surface area contributed by atoms with Gasteiger partial charge in [0.2, 0.25) is 0 Å². The molecule has 0 aliphatic heterocycles. The van der Waals surface area contributed by atoms with Crippen molar-refractivity contribution < 1.29 is 16.8 Å². The molecule has 0 amide bonds. The van der Waals surface area contributed by atoms with Gasteiger partial charge in [0.05, 0.1) is 9.79 Å². The van der Waals surface area contributed by atoms with Gasteiger partial charge < -0.3 is 0 Å². The third kappa shape index (κ3) is 5.12. The molecule has 0 radical (unpaired) electrons. The highest BCUT2D eigenvalue weighted by Gasteiger charge is 2.24. The predicted octanol–water partition coefficient (Wildman–Crippen LogP) is 4.48. The van der Waals surface area contributed by atoms with E-state index in [4.69, 9.17) is 0 Å². The van der Waals surface area contributed by atoms with Gasteiger partial charge in [-0.05, 0) is 79.6 Å². The minimum Gasteiger partial charge on any atom is -0.280 e. The molecule has 30 heavy (non-hydrogen) atoms. The second-order valence-corrected chi connectivity index (χ2v) is 11.0. The van der Waals surface area contributed by atoms with E-state index in [1.807, 2.05) is 0 Å². The quantitative estimate of drug-likeness (QED) is 0.392. The lowest BCUT2D eigenvalue weighted by Crippen LogP contribution is -2.18. The molecule has 0 unspecified atom stereocenters. The number of nitrogens with one attached hydrogen (secondary N) is 2. The van der Waals surface area contributed by atoms with Crippen LogP contribution >= 0.6 is 25.3 Å². The van der Waals surface area contributed by atoms with Crippen molar-refractivity contribution in [2.45, 2.75) is 33.4 Å². The maximum absolute atomic E-state index is 12.9. The lowest BCUT2D eigenvalue weighted by molar-refractivity contribution is 0.598. The molecule has 0 saturated carbocycles. The number of sulfonamides is 2. The van der Waals surface area contributed by atoms with Gasteiger partial charge in [0.25, 0.3) is 20.0 Å². The monoisotopic (exact) mass is 480 g/mol. The Balaban J connectivity index is 2.00. The summed E-state index contributed by atoms with van der Waals surface area (Å²) in [5.41, 5.74) is 1.57. The van der Waals surface area contributed by atoms with E-state index < -0.39 is 20.0 Å². The molecule has 3 rings (SSSR count). The minimum absolute atomic E-state index is 0.117. The maximum Gasteiger partial charge on any atom is 0.262 e. The first-order chi connectivity index (χ1) is 14.0. The fourth-order valence-corrected chi connectivity index (χ4v) is 5.87. The maximum atomic E-state index is 12.9. The van der Waals surface area contributed by atoms with E-state index in [0.29, 0.717) is 32.3 Å². The van der Waals surface area contributed by atoms with Crippen molar-refractivity contribution in [3.05, 3.63) is 71.8 Å². The first-order valence-electron chi connectivity index (χ1n) is 8.73. The number of hydrogen-bond donors (Lipinski definition) is 4. The van der Waals surface area contributed by atoms with Crippen LogP contribution in [0.3, 0.4) is 0 Å². The van der Waals surface area contributed by atoms with Crippen LogP contribution in [-0.2, 0) is 20.0 Å². The molecule has 10 heteroatoms. The van der Waals surface area contributed by atoms with Crippen molar-refractivity contribution in [1.82, 2.24) is 0 Å². The molecule has 3 aromatic rings. The molecule has 0 bridgehead atoms. The first kappa shape index (κ1) is 22.5. The Hall–Kier alpha value is -2.14. The second-order valence-electron chi connectivity index (χ2n) is 6.69. The van der Waals surface area contributed by atoms with Crippen LogP contribution in [0.5, 0.6) is 0 Å². The molecule has 0 saturated heterocycles. The van der Waals surface area contributed by atoms with E-state index in [-0.39, 0.29) is 9.79 Å². The van der Waals surface area contributed by atoms with Crippen LogP contribution in [0.15, 0.2) is 80.2 Å². The zero-order valence-electron chi connectivity index (χ0n) is 16.1. The number of aryl methyl sites for hydroxylation is 2. The van der Waals surface area contributed by atoms with Crippen LogP contribution in [0.4, 0.5) is 11.4 Å². The van der Waals surface area contributed by atoms with Crippen LogP contribution < -0.4 is 9.44 Å². The van der Waals surface area contributed by atoms with Crippen LogP contribution in [0, 0.1) is 13.8 Å². The molecule has 3 aromatic carbocycles. The van der Waals surface area contributed by atoms with Gasteiger partial charge in [-0.2, -0.15) is 0 Å². The Morgan fingerprint density at radius 3 is 1.27 bits per heavy atom. The largest absolute Gasteiger partial charge is 0.280 e. The highest BCUT2D eigenvalue weighted by atomic mass is 32.2. The molecule has 6 nitrogen and oxygen atoms in total. The van der Waals surface area contributed by atoms with Crippen molar-refractivity contribution in [3.63, 3.8) is 0 Å². The Morgan fingerprint density at radius 1 is 0.600 bits per heavy atom. The van der Waals surface area contributed by atoms with E-state index in [1.54, 1.807) is 62.4 Å². The lowest BCUT2D eigenvalue weighted by atomic mass is 10.2. The van der Waals surface area contributed by atoms with Crippen molar-refractivity contribution >= 4 is 56.7 Å². The molecule has 0 aliphatic carbocycles. The fraction of sp³-hybridized carbons (Fsp3) is 0.100. The fourth-order valence-electron chi connectivity index (χ4n) is 2.87. The topological polar surface area (TPSA) is 92.3 Å². The number of anilines is 2. The van der Waals surface area contributed by atoms with E-state index in [0.717, 1.165) is 0 Å². The van der Waals surface area contributed by atoms with Gasteiger partial charge >= 0.3 is 0 Å². The standard InChI is InChI=1S/C20H20N2O4S4/c1-13-11-14(2)20(30(25,26)22-16-5-9-18(28)10-6-16)12-19(13)29(23,24)21-15-3-7-17(27)8-4-15/h3-12,21-22,27-28H,1-2H3. The van der Waals surface area contributed by atoms with Gasteiger partial charge in [-0.15, -0.1) is 25.3 Å². The predicted molar refractivity (Wildman–Crippen MR) is 125 cm³/mol. The van der Waals surface area contributed by atoms with Crippen molar-refractivity contribution in [2.24, 2.45) is 0 Å². The van der Waals surface area contributed by atoms with E-state index >= 15 is 0 Å². The molecule has 0 fully saturated rings. The molecule has 2 N–H and O–H groups in total. The Kier molecular flexibility index (Phi) is 6.42. The van der Waals surface area contributed by atoms with Crippen molar-refractivity contribution in [3.8, 4) is 0 Å². The van der Waals surface area contributed by atoms with E-state index in [2.05, 4.69) is 34.7 Å². The number of thiol groups is 2. The zero-order valence-corrected chi connectivity index (χ0v) is 19.5. The Morgan fingerprint density at radius 2 is 0.933 bits per heavy atom. The molecule has 0 atom stereocenters. The minimum atomic E-state index is -4.01. The molecule has 158 valence electrons. The average molecular weight is 481 g/mol. The van der Waals surface area contributed by atoms with Crippen LogP contribution in [-0.4, -0.2) is 16.8 Å². The van der Waals surface area contributed by atoms with Crippen LogP contribution in [0.2, 0.25) is 0 Å². The summed E-state index contributed by atoms with van der Waals surface area (Å²) in [5.74, 6) is 0. The number of hydrogen-bond acceptors (Lipinski definition) is 6. The van der Waals surface area contributed by atoms with E-state index in [9.17, 15) is 16.8 Å². The SMILES string of the molecule is Cc1cc(C)c(S(=O)(=O)Nc2ccc(S)cc2)cc1S(=O)(=O)Nc1ccc(S)cc1. The molecule has 0 spiro atoms. The third-order valence-corrected chi connectivity index (χ3v) is 7.93. The second kappa shape index (κ2) is 8.54. The Labute approximate surface area is 187 Å². The van der Waals surface area contributed by atoms with Crippen molar-refractivity contribution in [2.75, 3.05) is 9.44 Å². The van der Waals surface area contributed by atoms with Gasteiger partial charge in [-0.3, -0.25) is 9.44 Å². The summed E-state index contributed by atoms with van der Waals surface area (Å²) in [6, 6.07) is 15.6. The van der Waals surface area contributed by atoms with Gasteiger partial charge in [-0.25, -0.2) is 16.8 Å². The highest BCUT2D eigenvalue weighted by molar-refractivity contribution is 7.93. The summed E-state index contributed by atoms with van der Waals surface area (Å²) >= 11 is 8.35. The Bertz CT molecular complexity index is 1190. The normalized spacial score (nSPS) is 11.9. The average Bonchev–Trinajstić information content (AvgIpc) is 2.64. The zero-order chi connectivity index (χ0) is 22.1. The summed E-state index contributed by atoms with van der Waals surface area (Å²) in [5, 5.41) is 0. The molecule has 0 aliphatic rings. The lowest BCUT2D eigenvalue weighted by Gasteiger charge is -2.15. The van der Waals surface area contributed by atoms with Gasteiger partial charge in [0.15, 0.2) is 0 Å². The molecular weight excluding hydrogens is 460 g/mol. The van der Waals surface area contributed by atoms with Gasteiger partial charge in [-0.1, -0.05) is 6.07 Å². The molecular formula is C20H20N2O4S4. The summed E-state index contributed by atoms with van der Waals surface area (Å²) in [7, 11) is -8.02.